The van der Waals surface area contributed by atoms with Crippen molar-refractivity contribution in [2.24, 2.45) is 0 Å². The van der Waals surface area contributed by atoms with Gasteiger partial charge >= 0.3 is 0 Å². The van der Waals surface area contributed by atoms with E-state index in [2.05, 4.69) is 33.4 Å². The first-order valence-corrected chi connectivity index (χ1v) is 10.6. The summed E-state index contributed by atoms with van der Waals surface area (Å²) in [6.45, 7) is 6.14. The topological polar surface area (TPSA) is 75.2 Å². The number of hydrogen-bond donors (Lipinski definition) is 1. The molecule has 2 saturated heterocycles. The summed E-state index contributed by atoms with van der Waals surface area (Å²) in [5.74, 6) is 1.94. The van der Waals surface area contributed by atoms with Crippen LogP contribution in [0.25, 0.3) is 0 Å². The molecule has 0 amide bonds. The SMILES string of the molecule is CC(C)c1nsc(N2CCC(NC3CCS(=O)(=O)C3)CC2)n1. The smallest absolute Gasteiger partial charge is 0.205 e. The van der Waals surface area contributed by atoms with Gasteiger partial charge in [0.25, 0.3) is 0 Å². The third-order valence-electron chi connectivity index (χ3n) is 4.42. The molecule has 0 aromatic carbocycles. The Morgan fingerprint density at radius 2 is 1.95 bits per heavy atom. The molecule has 3 rings (SSSR count). The number of hydrogen-bond acceptors (Lipinski definition) is 7. The van der Waals surface area contributed by atoms with Crippen LogP contribution in [0.15, 0.2) is 0 Å². The van der Waals surface area contributed by atoms with Gasteiger partial charge in [0.05, 0.1) is 11.5 Å². The van der Waals surface area contributed by atoms with E-state index >= 15 is 0 Å². The van der Waals surface area contributed by atoms with Crippen LogP contribution in [0.3, 0.4) is 0 Å². The molecule has 0 spiro atoms. The second-order valence-electron chi connectivity index (χ2n) is 6.62. The highest BCUT2D eigenvalue weighted by Gasteiger charge is 2.30. The lowest BCUT2D eigenvalue weighted by molar-refractivity contribution is 0.378. The minimum atomic E-state index is -2.79. The number of piperidine rings is 1. The molecule has 8 heteroatoms. The van der Waals surface area contributed by atoms with Crippen LogP contribution in [0.2, 0.25) is 0 Å². The zero-order valence-corrected chi connectivity index (χ0v) is 14.8. The van der Waals surface area contributed by atoms with E-state index in [4.69, 9.17) is 0 Å². The van der Waals surface area contributed by atoms with Crippen LogP contribution in [0.4, 0.5) is 5.13 Å². The van der Waals surface area contributed by atoms with Crippen molar-refractivity contribution in [2.75, 3.05) is 29.5 Å². The summed E-state index contributed by atoms with van der Waals surface area (Å²) in [4.78, 5) is 6.91. The zero-order valence-electron chi connectivity index (χ0n) is 13.2. The van der Waals surface area contributed by atoms with Crippen molar-refractivity contribution in [1.82, 2.24) is 14.7 Å². The third-order valence-corrected chi connectivity index (χ3v) is 6.98. The lowest BCUT2D eigenvalue weighted by atomic mass is 10.0. The largest absolute Gasteiger partial charge is 0.347 e. The molecule has 3 heterocycles. The fourth-order valence-corrected chi connectivity index (χ4v) is 5.63. The maximum Gasteiger partial charge on any atom is 0.205 e. The van der Waals surface area contributed by atoms with Crippen LogP contribution in [-0.4, -0.2) is 54.5 Å². The predicted octanol–water partition coefficient (Wildman–Crippen LogP) is 1.41. The van der Waals surface area contributed by atoms with Crippen molar-refractivity contribution in [3.8, 4) is 0 Å². The van der Waals surface area contributed by atoms with E-state index in [1.165, 1.54) is 11.5 Å². The predicted molar refractivity (Wildman–Crippen MR) is 89.4 cm³/mol. The van der Waals surface area contributed by atoms with Crippen LogP contribution in [0.1, 0.15) is 44.9 Å². The third kappa shape index (κ3) is 3.78. The molecule has 2 aliphatic rings. The molecule has 0 saturated carbocycles. The average molecular weight is 345 g/mol. The molecule has 1 N–H and O–H groups in total. The Morgan fingerprint density at radius 3 is 2.50 bits per heavy atom. The Morgan fingerprint density at radius 1 is 1.23 bits per heavy atom. The van der Waals surface area contributed by atoms with E-state index in [1.54, 1.807) is 0 Å². The van der Waals surface area contributed by atoms with Gasteiger partial charge in [-0.05, 0) is 19.3 Å². The highest BCUT2D eigenvalue weighted by molar-refractivity contribution is 7.91. The van der Waals surface area contributed by atoms with E-state index < -0.39 is 9.84 Å². The summed E-state index contributed by atoms with van der Waals surface area (Å²) < 4.78 is 27.4. The Bertz CT molecular complexity index is 606. The summed E-state index contributed by atoms with van der Waals surface area (Å²) in [6.07, 6.45) is 2.83. The Labute approximate surface area is 136 Å². The molecule has 0 bridgehead atoms. The Balaban J connectivity index is 1.50. The van der Waals surface area contributed by atoms with E-state index in [9.17, 15) is 8.42 Å². The average Bonchev–Trinajstić information content (AvgIpc) is 3.07. The molecule has 0 radical (unpaired) electrons. The summed E-state index contributed by atoms with van der Waals surface area (Å²) in [7, 11) is -2.79. The molecule has 2 aliphatic heterocycles. The van der Waals surface area contributed by atoms with Gasteiger partial charge < -0.3 is 10.2 Å². The molecule has 2 fully saturated rings. The van der Waals surface area contributed by atoms with Crippen LogP contribution in [-0.2, 0) is 9.84 Å². The van der Waals surface area contributed by atoms with E-state index in [1.807, 2.05) is 0 Å². The van der Waals surface area contributed by atoms with Gasteiger partial charge in [-0.3, -0.25) is 0 Å². The number of rotatable bonds is 4. The molecule has 6 nitrogen and oxygen atoms in total. The molecular weight excluding hydrogens is 320 g/mol. The first kappa shape index (κ1) is 16.1. The maximum atomic E-state index is 11.5. The molecule has 22 heavy (non-hydrogen) atoms. The van der Waals surface area contributed by atoms with E-state index in [0.717, 1.165) is 43.3 Å². The van der Waals surface area contributed by atoms with Crippen molar-refractivity contribution in [2.45, 2.75) is 51.1 Å². The normalized spacial score (nSPS) is 26.0. The van der Waals surface area contributed by atoms with Gasteiger partial charge in [-0.2, -0.15) is 4.37 Å². The fourth-order valence-electron chi connectivity index (χ4n) is 3.09. The van der Waals surface area contributed by atoms with Crippen molar-refractivity contribution in [3.63, 3.8) is 0 Å². The lowest BCUT2D eigenvalue weighted by Gasteiger charge is -2.33. The van der Waals surface area contributed by atoms with Crippen molar-refractivity contribution >= 4 is 26.5 Å². The molecule has 0 aliphatic carbocycles. The molecule has 1 aromatic heterocycles. The second-order valence-corrected chi connectivity index (χ2v) is 9.58. The first-order chi connectivity index (χ1) is 10.4. The summed E-state index contributed by atoms with van der Waals surface area (Å²) in [6, 6.07) is 0.572. The van der Waals surface area contributed by atoms with Crippen LogP contribution in [0.5, 0.6) is 0 Å². The number of sulfone groups is 1. The highest BCUT2D eigenvalue weighted by atomic mass is 32.2. The fraction of sp³-hybridized carbons (Fsp3) is 0.857. The molecule has 1 unspecified atom stereocenters. The monoisotopic (exact) mass is 344 g/mol. The van der Waals surface area contributed by atoms with Crippen LogP contribution < -0.4 is 10.2 Å². The van der Waals surface area contributed by atoms with Gasteiger partial charge in [-0.15, -0.1) is 0 Å². The standard InChI is InChI=1S/C14H24N4O2S2/c1-10(2)13-16-14(21-17-13)18-6-3-11(4-7-18)15-12-5-8-22(19,20)9-12/h10-12,15H,3-9H2,1-2H3. The quantitative estimate of drug-likeness (QED) is 0.890. The minimum absolute atomic E-state index is 0.149. The van der Waals surface area contributed by atoms with Gasteiger partial charge in [0.15, 0.2) is 9.84 Å². The Kier molecular flexibility index (Phi) is 4.70. The first-order valence-electron chi connectivity index (χ1n) is 7.98. The molecule has 124 valence electrons. The summed E-state index contributed by atoms with van der Waals surface area (Å²) >= 11 is 1.48. The van der Waals surface area contributed by atoms with Gasteiger partial charge in [-0.25, -0.2) is 13.4 Å². The summed E-state index contributed by atoms with van der Waals surface area (Å²) in [5.41, 5.74) is 0. The Hall–Kier alpha value is -0.730. The second kappa shape index (κ2) is 6.41. The van der Waals surface area contributed by atoms with Crippen LogP contribution >= 0.6 is 11.5 Å². The van der Waals surface area contributed by atoms with Crippen molar-refractivity contribution < 1.29 is 8.42 Å². The summed E-state index contributed by atoms with van der Waals surface area (Å²) in [5, 5.41) is 4.55. The van der Waals surface area contributed by atoms with Gasteiger partial charge in [0, 0.05) is 42.6 Å². The van der Waals surface area contributed by atoms with Crippen molar-refractivity contribution in [1.29, 1.82) is 0 Å². The number of aromatic nitrogens is 2. The minimum Gasteiger partial charge on any atom is -0.347 e. The van der Waals surface area contributed by atoms with E-state index in [-0.39, 0.29) is 6.04 Å². The molecule has 1 aromatic rings. The zero-order chi connectivity index (χ0) is 15.7. The maximum absolute atomic E-state index is 11.5. The van der Waals surface area contributed by atoms with E-state index in [0.29, 0.717) is 23.5 Å². The van der Waals surface area contributed by atoms with Gasteiger partial charge in [-0.1, -0.05) is 13.8 Å². The highest BCUT2D eigenvalue weighted by Crippen LogP contribution is 2.25. The molecular formula is C14H24N4O2S2. The number of nitrogens with zero attached hydrogens (tertiary/aromatic N) is 3. The molecule has 1 atom stereocenters. The van der Waals surface area contributed by atoms with Crippen molar-refractivity contribution in [3.05, 3.63) is 5.82 Å². The van der Waals surface area contributed by atoms with Gasteiger partial charge in [0.2, 0.25) is 5.13 Å². The van der Waals surface area contributed by atoms with Crippen LogP contribution in [0, 0.1) is 0 Å². The lowest BCUT2D eigenvalue weighted by Crippen LogP contribution is -2.46. The number of nitrogens with one attached hydrogen (secondary N) is 1. The number of anilines is 1. The van der Waals surface area contributed by atoms with Gasteiger partial charge in [0.1, 0.15) is 5.82 Å².